The maximum absolute atomic E-state index is 13.1. The van der Waals surface area contributed by atoms with Gasteiger partial charge >= 0.3 is 0 Å². The minimum Gasteiger partial charge on any atom is -0.491 e. The Bertz CT molecular complexity index is 1180. The Balaban J connectivity index is 1.55. The van der Waals surface area contributed by atoms with Gasteiger partial charge in [-0.15, -0.1) is 11.3 Å². The van der Waals surface area contributed by atoms with Gasteiger partial charge in [0.25, 0.3) is 5.56 Å². The predicted octanol–water partition coefficient (Wildman–Crippen LogP) is 4.18. The van der Waals surface area contributed by atoms with E-state index in [9.17, 15) is 9.90 Å². The van der Waals surface area contributed by atoms with Crippen LogP contribution in [0, 0.1) is 13.8 Å². The first kappa shape index (κ1) is 19.4. The molecule has 0 unspecified atom stereocenters. The van der Waals surface area contributed by atoms with Crippen molar-refractivity contribution in [1.29, 1.82) is 0 Å². The average Bonchev–Trinajstić information content (AvgIpc) is 3.13. The van der Waals surface area contributed by atoms with Crippen molar-refractivity contribution in [1.82, 2.24) is 9.55 Å². The summed E-state index contributed by atoms with van der Waals surface area (Å²) in [6.45, 7) is 4.23. The van der Waals surface area contributed by atoms with Gasteiger partial charge in [-0.3, -0.25) is 9.36 Å². The van der Waals surface area contributed by atoms with Crippen molar-refractivity contribution < 1.29 is 9.84 Å². The quantitative estimate of drug-likeness (QED) is 0.522. The predicted molar refractivity (Wildman–Crippen MR) is 117 cm³/mol. The Morgan fingerprint density at radius 3 is 2.59 bits per heavy atom. The van der Waals surface area contributed by atoms with Crippen LogP contribution >= 0.6 is 11.3 Å². The molecule has 4 rings (SSSR count). The topological polar surface area (TPSA) is 64.3 Å². The molecule has 6 heteroatoms. The van der Waals surface area contributed by atoms with Gasteiger partial charge in [0.2, 0.25) is 0 Å². The van der Waals surface area contributed by atoms with Gasteiger partial charge in [0.1, 0.15) is 23.3 Å². The lowest BCUT2D eigenvalue weighted by Gasteiger charge is -2.14. The zero-order valence-corrected chi connectivity index (χ0v) is 17.1. The van der Waals surface area contributed by atoms with E-state index in [2.05, 4.69) is 11.1 Å². The van der Waals surface area contributed by atoms with Gasteiger partial charge in [0.15, 0.2) is 0 Å². The highest BCUT2D eigenvalue weighted by atomic mass is 32.1. The molecule has 0 fully saturated rings. The molecule has 1 N–H and O–H groups in total. The van der Waals surface area contributed by atoms with Gasteiger partial charge in [-0.25, -0.2) is 4.98 Å². The summed E-state index contributed by atoms with van der Waals surface area (Å²) in [5.74, 6) is 0.715. The highest BCUT2D eigenvalue weighted by molar-refractivity contribution is 7.17. The summed E-state index contributed by atoms with van der Waals surface area (Å²) in [4.78, 5) is 18.2. The normalized spacial score (nSPS) is 12.2. The van der Waals surface area contributed by atoms with E-state index in [1.807, 2.05) is 61.7 Å². The molecule has 0 bridgehead atoms. The van der Waals surface area contributed by atoms with Crippen LogP contribution in [0.25, 0.3) is 21.3 Å². The molecule has 2 aromatic heterocycles. The molecule has 0 aliphatic carbocycles. The molecule has 2 heterocycles. The number of hydrogen-bond acceptors (Lipinski definition) is 5. The third-order valence-corrected chi connectivity index (χ3v) is 5.58. The van der Waals surface area contributed by atoms with Gasteiger partial charge < -0.3 is 9.84 Å². The van der Waals surface area contributed by atoms with Crippen LogP contribution in [-0.4, -0.2) is 27.4 Å². The number of nitrogens with zero attached hydrogens (tertiary/aromatic N) is 2. The molecule has 148 valence electrons. The number of thiophene rings is 1. The lowest BCUT2D eigenvalue weighted by molar-refractivity contribution is 0.0914. The second-order valence-corrected chi connectivity index (χ2v) is 8.04. The van der Waals surface area contributed by atoms with E-state index in [1.165, 1.54) is 22.2 Å². The number of aliphatic hydroxyl groups is 1. The molecule has 0 radical (unpaired) electrons. The third kappa shape index (κ3) is 4.23. The van der Waals surface area contributed by atoms with Crippen molar-refractivity contribution in [2.45, 2.75) is 26.5 Å². The Labute approximate surface area is 172 Å². The van der Waals surface area contributed by atoms with E-state index in [0.29, 0.717) is 16.0 Å². The number of fused-ring (bicyclic) bond motifs is 1. The fraction of sp³-hybridized carbons (Fsp3) is 0.217. The zero-order valence-electron chi connectivity index (χ0n) is 16.3. The van der Waals surface area contributed by atoms with Crippen LogP contribution < -0.4 is 10.3 Å². The number of ether oxygens (including phenoxy) is 1. The summed E-state index contributed by atoms with van der Waals surface area (Å²) < 4.78 is 7.18. The summed E-state index contributed by atoms with van der Waals surface area (Å²) in [5, 5.41) is 13.0. The van der Waals surface area contributed by atoms with E-state index in [1.54, 1.807) is 0 Å². The molecule has 2 aromatic carbocycles. The van der Waals surface area contributed by atoms with Crippen LogP contribution in [0.1, 0.15) is 11.1 Å². The van der Waals surface area contributed by atoms with Crippen LogP contribution in [0.2, 0.25) is 0 Å². The number of aryl methyl sites for hydroxylation is 2. The number of aromatic nitrogens is 2. The van der Waals surface area contributed by atoms with Gasteiger partial charge in [-0.05, 0) is 42.7 Å². The lowest BCUT2D eigenvalue weighted by atomic mass is 10.1. The van der Waals surface area contributed by atoms with Gasteiger partial charge in [-0.2, -0.15) is 0 Å². The molecule has 0 aliphatic rings. The molecule has 0 spiro atoms. The second-order valence-electron chi connectivity index (χ2n) is 7.19. The summed E-state index contributed by atoms with van der Waals surface area (Å²) in [7, 11) is 0. The van der Waals surface area contributed by atoms with Crippen molar-refractivity contribution in [2.75, 3.05) is 6.61 Å². The fourth-order valence-corrected chi connectivity index (χ4v) is 4.32. The molecule has 1 atom stereocenters. The number of aliphatic hydroxyl groups excluding tert-OH is 1. The Hall–Kier alpha value is -2.96. The van der Waals surface area contributed by atoms with Gasteiger partial charge in [0.05, 0.1) is 18.3 Å². The maximum Gasteiger partial charge on any atom is 0.262 e. The molecule has 29 heavy (non-hydrogen) atoms. The molecule has 0 saturated heterocycles. The zero-order chi connectivity index (χ0) is 20.4. The SMILES string of the molecule is Cc1cc(C)cc(OC[C@H](O)Cn2cnc3scc(-c4ccccc4)c3c2=O)c1. The Morgan fingerprint density at radius 2 is 1.86 bits per heavy atom. The minimum atomic E-state index is -0.827. The molecule has 0 amide bonds. The average molecular weight is 407 g/mol. The molecule has 0 saturated carbocycles. The molecule has 5 nitrogen and oxygen atoms in total. The van der Waals surface area contributed by atoms with Crippen molar-refractivity contribution in [3.63, 3.8) is 0 Å². The molecule has 4 aromatic rings. The highest BCUT2D eigenvalue weighted by Crippen LogP contribution is 2.30. The van der Waals surface area contributed by atoms with Crippen molar-refractivity contribution in [3.8, 4) is 16.9 Å². The van der Waals surface area contributed by atoms with Crippen molar-refractivity contribution in [2.24, 2.45) is 0 Å². The first-order valence-electron chi connectivity index (χ1n) is 9.42. The highest BCUT2D eigenvalue weighted by Gasteiger charge is 2.15. The molecular weight excluding hydrogens is 384 g/mol. The Morgan fingerprint density at radius 1 is 1.14 bits per heavy atom. The van der Waals surface area contributed by atoms with Crippen molar-refractivity contribution in [3.05, 3.63) is 81.7 Å². The number of benzene rings is 2. The first-order chi connectivity index (χ1) is 14.0. The maximum atomic E-state index is 13.1. The van der Waals surface area contributed by atoms with Crippen LogP contribution in [-0.2, 0) is 6.54 Å². The van der Waals surface area contributed by atoms with E-state index in [0.717, 1.165) is 22.3 Å². The largest absolute Gasteiger partial charge is 0.491 e. The van der Waals surface area contributed by atoms with Crippen LogP contribution in [0.15, 0.2) is 65.0 Å². The third-order valence-electron chi connectivity index (χ3n) is 4.69. The van der Waals surface area contributed by atoms with E-state index in [4.69, 9.17) is 4.74 Å². The monoisotopic (exact) mass is 406 g/mol. The summed E-state index contributed by atoms with van der Waals surface area (Å²) in [5.41, 5.74) is 3.91. The van der Waals surface area contributed by atoms with E-state index in [-0.39, 0.29) is 18.7 Å². The van der Waals surface area contributed by atoms with Crippen LogP contribution in [0.4, 0.5) is 0 Å². The first-order valence-corrected chi connectivity index (χ1v) is 10.3. The standard InChI is InChI=1S/C23H22N2O3S/c1-15-8-16(2)10-19(9-15)28-12-18(26)11-25-14-24-22-21(23(25)27)20(13-29-22)17-6-4-3-5-7-17/h3-10,13-14,18,26H,11-12H2,1-2H3/t18-/m1/s1. The molecule has 0 aliphatic heterocycles. The summed E-state index contributed by atoms with van der Waals surface area (Å²) >= 11 is 1.45. The lowest BCUT2D eigenvalue weighted by Crippen LogP contribution is -2.30. The van der Waals surface area contributed by atoms with E-state index < -0.39 is 6.10 Å². The summed E-state index contributed by atoms with van der Waals surface area (Å²) in [6.07, 6.45) is 0.669. The van der Waals surface area contributed by atoms with Crippen LogP contribution in [0.3, 0.4) is 0 Å². The smallest absolute Gasteiger partial charge is 0.262 e. The molecular formula is C23H22N2O3S. The second kappa shape index (κ2) is 8.19. The number of rotatable bonds is 6. The minimum absolute atomic E-state index is 0.0998. The summed E-state index contributed by atoms with van der Waals surface area (Å²) in [6, 6.07) is 15.7. The van der Waals surface area contributed by atoms with Gasteiger partial charge in [0, 0.05) is 10.9 Å². The fourth-order valence-electron chi connectivity index (χ4n) is 3.42. The number of hydrogen-bond donors (Lipinski definition) is 1. The van der Waals surface area contributed by atoms with Gasteiger partial charge in [-0.1, -0.05) is 36.4 Å². The Kier molecular flexibility index (Phi) is 5.47. The van der Waals surface area contributed by atoms with Crippen LogP contribution in [0.5, 0.6) is 5.75 Å². The van der Waals surface area contributed by atoms with Crippen molar-refractivity contribution >= 4 is 21.6 Å². The van der Waals surface area contributed by atoms with E-state index >= 15 is 0 Å².